The van der Waals surface area contributed by atoms with Crippen LogP contribution >= 0.6 is 0 Å². The summed E-state index contributed by atoms with van der Waals surface area (Å²) in [6, 6.07) is 11.8. The molecule has 27 heavy (non-hydrogen) atoms. The van der Waals surface area contributed by atoms with Crippen LogP contribution in [-0.4, -0.2) is 31.8 Å². The first-order chi connectivity index (χ1) is 13.1. The van der Waals surface area contributed by atoms with Gasteiger partial charge in [-0.25, -0.2) is 4.98 Å². The van der Waals surface area contributed by atoms with Crippen molar-refractivity contribution < 1.29 is 4.79 Å². The van der Waals surface area contributed by atoms with Crippen molar-refractivity contribution in [3.8, 4) is 0 Å². The van der Waals surface area contributed by atoms with Crippen LogP contribution in [0.4, 0.5) is 0 Å². The highest BCUT2D eigenvalue weighted by Crippen LogP contribution is 2.05. The molecule has 0 bridgehead atoms. The summed E-state index contributed by atoms with van der Waals surface area (Å²) >= 11 is 0. The van der Waals surface area contributed by atoms with E-state index in [1.54, 1.807) is 29.4 Å². The number of aromatic nitrogens is 4. The minimum atomic E-state index is -0.353. The molecule has 0 saturated heterocycles. The molecule has 0 aliphatic rings. The predicted molar refractivity (Wildman–Crippen MR) is 103 cm³/mol. The second kappa shape index (κ2) is 8.44. The number of rotatable bonds is 7. The highest BCUT2D eigenvalue weighted by atomic mass is 16.2. The van der Waals surface area contributed by atoms with Gasteiger partial charge in [-0.05, 0) is 30.5 Å². The molecule has 2 aromatic heterocycles. The van der Waals surface area contributed by atoms with E-state index in [4.69, 9.17) is 0 Å². The summed E-state index contributed by atoms with van der Waals surface area (Å²) < 4.78 is 3.26. The van der Waals surface area contributed by atoms with E-state index in [0.717, 1.165) is 17.8 Å². The first-order valence-electron chi connectivity index (χ1n) is 8.91. The maximum absolute atomic E-state index is 12.8. The zero-order valence-corrected chi connectivity index (χ0v) is 15.6. The molecular weight excluding hydrogens is 342 g/mol. The van der Waals surface area contributed by atoms with E-state index < -0.39 is 0 Å². The molecule has 0 atom stereocenters. The molecule has 0 aliphatic carbocycles. The third kappa shape index (κ3) is 4.49. The smallest absolute Gasteiger partial charge is 0.263 e. The minimum Gasteiger partial charge on any atom is -0.351 e. The third-order valence-electron chi connectivity index (χ3n) is 4.52. The molecule has 0 unspecified atom stereocenters. The Hall–Kier alpha value is -3.22. The summed E-state index contributed by atoms with van der Waals surface area (Å²) in [7, 11) is 1.80. The van der Waals surface area contributed by atoms with Gasteiger partial charge in [0, 0.05) is 32.8 Å². The van der Waals surface area contributed by atoms with Crippen molar-refractivity contribution in [1.29, 1.82) is 0 Å². The van der Waals surface area contributed by atoms with Gasteiger partial charge in [0.2, 0.25) is 0 Å². The molecule has 1 amide bonds. The Balaban J connectivity index is 1.67. The second-order valence-electron chi connectivity index (χ2n) is 6.41. The predicted octanol–water partition coefficient (Wildman–Crippen LogP) is 1.50. The average Bonchev–Trinajstić information content (AvgIpc) is 3.07. The standard InChI is InChI=1S/C20H23N5O2/c1-15-9-12-25(13-10-16-6-4-3-5-7-16)20(27)18(15)19(26)21-11-8-17-22-14-23-24(17)2/h3-7,9,12,14H,8,10-11,13H2,1-2H3,(H,21,26). The lowest BCUT2D eigenvalue weighted by atomic mass is 10.1. The van der Waals surface area contributed by atoms with Crippen molar-refractivity contribution >= 4 is 5.91 Å². The van der Waals surface area contributed by atoms with Gasteiger partial charge >= 0.3 is 0 Å². The SMILES string of the molecule is Cc1ccn(CCc2ccccc2)c(=O)c1C(=O)NCCc1ncnn1C. The Kier molecular flexibility index (Phi) is 5.80. The van der Waals surface area contributed by atoms with Crippen molar-refractivity contribution in [1.82, 2.24) is 24.6 Å². The summed E-state index contributed by atoms with van der Waals surface area (Å²) in [6.45, 7) is 2.70. The molecule has 0 aliphatic heterocycles. The molecule has 1 N–H and O–H groups in total. The summed E-state index contributed by atoms with van der Waals surface area (Å²) in [5, 5.41) is 6.81. The van der Waals surface area contributed by atoms with Crippen LogP contribution in [0.25, 0.3) is 0 Å². The zero-order valence-electron chi connectivity index (χ0n) is 15.6. The maximum Gasteiger partial charge on any atom is 0.263 e. The fraction of sp³-hybridized carbons (Fsp3) is 0.300. The van der Waals surface area contributed by atoms with Crippen LogP contribution in [0.5, 0.6) is 0 Å². The van der Waals surface area contributed by atoms with E-state index in [-0.39, 0.29) is 17.0 Å². The van der Waals surface area contributed by atoms with Crippen molar-refractivity contribution in [2.45, 2.75) is 26.3 Å². The van der Waals surface area contributed by atoms with Crippen molar-refractivity contribution in [3.63, 3.8) is 0 Å². The van der Waals surface area contributed by atoms with Crippen LogP contribution in [0, 0.1) is 6.92 Å². The summed E-state index contributed by atoms with van der Waals surface area (Å²) in [5.41, 5.74) is 1.76. The Morgan fingerprint density at radius 1 is 1.15 bits per heavy atom. The van der Waals surface area contributed by atoms with E-state index in [9.17, 15) is 9.59 Å². The number of nitrogens with one attached hydrogen (secondary N) is 1. The van der Waals surface area contributed by atoms with Crippen LogP contribution in [0.3, 0.4) is 0 Å². The zero-order chi connectivity index (χ0) is 19.2. The number of nitrogens with zero attached hydrogens (tertiary/aromatic N) is 4. The average molecular weight is 365 g/mol. The van der Waals surface area contributed by atoms with Gasteiger partial charge in [-0.3, -0.25) is 14.3 Å². The number of benzene rings is 1. The highest BCUT2D eigenvalue weighted by Gasteiger charge is 2.15. The summed E-state index contributed by atoms with van der Waals surface area (Å²) in [6.07, 6.45) is 4.51. The molecule has 0 radical (unpaired) electrons. The molecular formula is C20H23N5O2. The lowest BCUT2D eigenvalue weighted by Crippen LogP contribution is -2.35. The molecule has 1 aromatic carbocycles. The van der Waals surface area contributed by atoms with Gasteiger partial charge in [-0.1, -0.05) is 30.3 Å². The van der Waals surface area contributed by atoms with Crippen LogP contribution < -0.4 is 10.9 Å². The molecule has 140 valence electrons. The van der Waals surface area contributed by atoms with E-state index in [1.807, 2.05) is 36.4 Å². The number of pyridine rings is 1. The Bertz CT molecular complexity index is 976. The van der Waals surface area contributed by atoms with Crippen LogP contribution in [0.15, 0.2) is 53.7 Å². The minimum absolute atomic E-state index is 0.198. The van der Waals surface area contributed by atoms with Gasteiger partial charge in [0.05, 0.1) is 0 Å². The van der Waals surface area contributed by atoms with E-state index in [2.05, 4.69) is 15.4 Å². The highest BCUT2D eigenvalue weighted by molar-refractivity contribution is 5.95. The lowest BCUT2D eigenvalue weighted by molar-refractivity contribution is 0.0951. The quantitative estimate of drug-likeness (QED) is 0.688. The number of carbonyl (C=O) groups is 1. The van der Waals surface area contributed by atoms with E-state index in [1.165, 1.54) is 6.33 Å². The second-order valence-corrected chi connectivity index (χ2v) is 6.41. The third-order valence-corrected chi connectivity index (χ3v) is 4.52. The molecule has 0 spiro atoms. The Morgan fingerprint density at radius 3 is 2.63 bits per heavy atom. The fourth-order valence-electron chi connectivity index (χ4n) is 2.93. The molecule has 3 aromatic rings. The van der Waals surface area contributed by atoms with Crippen molar-refractivity contribution in [3.05, 3.63) is 81.8 Å². The topological polar surface area (TPSA) is 81.8 Å². The number of aryl methyl sites for hydroxylation is 4. The summed E-state index contributed by atoms with van der Waals surface area (Å²) in [4.78, 5) is 29.5. The Labute approximate surface area is 157 Å². The van der Waals surface area contributed by atoms with Crippen LogP contribution in [0.1, 0.15) is 27.3 Å². The van der Waals surface area contributed by atoms with Crippen molar-refractivity contribution in [2.75, 3.05) is 6.54 Å². The first-order valence-corrected chi connectivity index (χ1v) is 8.91. The van der Waals surface area contributed by atoms with Gasteiger partial charge < -0.3 is 9.88 Å². The normalized spacial score (nSPS) is 10.7. The number of hydrogen-bond acceptors (Lipinski definition) is 4. The van der Waals surface area contributed by atoms with Gasteiger partial charge in [-0.15, -0.1) is 0 Å². The van der Waals surface area contributed by atoms with Crippen molar-refractivity contribution in [2.24, 2.45) is 7.05 Å². The molecule has 7 nitrogen and oxygen atoms in total. The lowest BCUT2D eigenvalue weighted by Gasteiger charge is -2.11. The molecule has 3 rings (SSSR count). The number of hydrogen-bond donors (Lipinski definition) is 1. The molecule has 2 heterocycles. The first kappa shape index (κ1) is 18.6. The largest absolute Gasteiger partial charge is 0.351 e. The van der Waals surface area contributed by atoms with Crippen LogP contribution in [0.2, 0.25) is 0 Å². The van der Waals surface area contributed by atoms with Crippen LogP contribution in [-0.2, 0) is 26.4 Å². The Morgan fingerprint density at radius 2 is 1.93 bits per heavy atom. The van der Waals surface area contributed by atoms with E-state index in [0.29, 0.717) is 25.1 Å². The van der Waals surface area contributed by atoms with Gasteiger partial charge in [0.25, 0.3) is 11.5 Å². The summed E-state index contributed by atoms with van der Waals surface area (Å²) in [5.74, 6) is 0.425. The number of amides is 1. The molecule has 0 fully saturated rings. The number of carbonyl (C=O) groups excluding carboxylic acids is 1. The van der Waals surface area contributed by atoms with Gasteiger partial charge in [-0.2, -0.15) is 5.10 Å². The van der Waals surface area contributed by atoms with Gasteiger partial charge in [0.15, 0.2) is 0 Å². The molecule has 7 heteroatoms. The van der Waals surface area contributed by atoms with E-state index >= 15 is 0 Å². The monoisotopic (exact) mass is 365 g/mol. The maximum atomic E-state index is 12.8. The molecule has 0 saturated carbocycles. The fourth-order valence-corrected chi connectivity index (χ4v) is 2.93. The van der Waals surface area contributed by atoms with Gasteiger partial charge in [0.1, 0.15) is 17.7 Å².